The molecule has 8 heteroatoms. The van der Waals surface area contributed by atoms with Crippen molar-refractivity contribution >= 4 is 34.0 Å². The molecule has 200 valence electrons. The summed E-state index contributed by atoms with van der Waals surface area (Å²) in [5.41, 5.74) is 3.84. The Balaban J connectivity index is 1.51. The molecule has 0 bridgehead atoms. The van der Waals surface area contributed by atoms with Gasteiger partial charge in [-0.25, -0.2) is 9.97 Å². The summed E-state index contributed by atoms with van der Waals surface area (Å²) in [5.74, 6) is 1.19. The fourth-order valence-corrected chi connectivity index (χ4v) is 4.08. The van der Waals surface area contributed by atoms with Gasteiger partial charge in [0, 0.05) is 34.9 Å². The van der Waals surface area contributed by atoms with Crippen LogP contribution in [0.15, 0.2) is 67.0 Å². The van der Waals surface area contributed by atoms with Gasteiger partial charge in [-0.2, -0.15) is 5.26 Å². The Morgan fingerprint density at radius 3 is 2.67 bits per heavy atom. The van der Waals surface area contributed by atoms with Crippen LogP contribution in [0.3, 0.4) is 0 Å². The van der Waals surface area contributed by atoms with E-state index in [-0.39, 0.29) is 5.91 Å². The Kier molecular flexibility index (Phi) is 8.43. The molecule has 4 aromatic rings. The Morgan fingerprint density at radius 2 is 1.90 bits per heavy atom. The number of carbonyl (C=O) groups excluding carboxylic acids is 1. The number of aromatic nitrogens is 2. The number of benzene rings is 3. The fraction of sp³-hybridized carbons (Fsp3) is 0.290. The summed E-state index contributed by atoms with van der Waals surface area (Å²) >= 11 is 0. The van der Waals surface area contributed by atoms with E-state index >= 15 is 0 Å². The van der Waals surface area contributed by atoms with Crippen molar-refractivity contribution < 1.29 is 9.53 Å². The maximum atomic E-state index is 13.0. The molecular weight excluding hydrogens is 488 g/mol. The van der Waals surface area contributed by atoms with E-state index in [4.69, 9.17) is 4.74 Å². The number of anilines is 3. The minimum absolute atomic E-state index is 0.244. The molecule has 1 aromatic heterocycles. The predicted molar refractivity (Wildman–Crippen MR) is 156 cm³/mol. The Hall–Kier alpha value is -4.48. The van der Waals surface area contributed by atoms with E-state index in [0.717, 1.165) is 46.4 Å². The van der Waals surface area contributed by atoms with Crippen molar-refractivity contribution in [2.45, 2.75) is 32.6 Å². The van der Waals surface area contributed by atoms with Crippen LogP contribution >= 0.6 is 0 Å². The highest BCUT2D eigenvalue weighted by molar-refractivity contribution is 6.04. The number of nitrogens with one attached hydrogen (secondary N) is 2. The van der Waals surface area contributed by atoms with Crippen LogP contribution in [0.4, 0.5) is 17.2 Å². The molecule has 0 aliphatic heterocycles. The summed E-state index contributed by atoms with van der Waals surface area (Å²) < 4.78 is 5.90. The number of amides is 1. The van der Waals surface area contributed by atoms with E-state index in [0.29, 0.717) is 23.7 Å². The highest BCUT2D eigenvalue weighted by atomic mass is 16.5. The molecule has 39 heavy (non-hydrogen) atoms. The maximum Gasteiger partial charge on any atom is 0.255 e. The quantitative estimate of drug-likeness (QED) is 0.244. The van der Waals surface area contributed by atoms with Gasteiger partial charge in [-0.1, -0.05) is 18.2 Å². The molecule has 0 atom stereocenters. The molecule has 1 amide bonds. The fourth-order valence-electron chi connectivity index (χ4n) is 4.08. The van der Waals surface area contributed by atoms with Crippen LogP contribution in [0.2, 0.25) is 0 Å². The van der Waals surface area contributed by atoms with Gasteiger partial charge in [0.1, 0.15) is 17.9 Å². The number of ether oxygens (including phenoxy) is 1. The topological polar surface area (TPSA) is 103 Å². The third-order valence-corrected chi connectivity index (χ3v) is 6.50. The van der Waals surface area contributed by atoms with Crippen molar-refractivity contribution in [3.05, 3.63) is 83.7 Å². The molecule has 8 nitrogen and oxygen atoms in total. The van der Waals surface area contributed by atoms with Gasteiger partial charge < -0.3 is 20.3 Å². The molecule has 1 heterocycles. The summed E-state index contributed by atoms with van der Waals surface area (Å²) in [6.45, 7) is 7.26. The highest BCUT2D eigenvalue weighted by Crippen LogP contribution is 2.29. The molecular formula is C31H34N6O2. The number of nitrogens with zero attached hydrogens (tertiary/aromatic N) is 4. The van der Waals surface area contributed by atoms with Crippen LogP contribution in [0.5, 0.6) is 5.75 Å². The van der Waals surface area contributed by atoms with Gasteiger partial charge in [-0.15, -0.1) is 0 Å². The lowest BCUT2D eigenvalue weighted by Crippen LogP contribution is -2.17. The maximum absolute atomic E-state index is 13.0. The minimum Gasteiger partial charge on any atom is -0.493 e. The summed E-state index contributed by atoms with van der Waals surface area (Å²) in [7, 11) is 4.09. The summed E-state index contributed by atoms with van der Waals surface area (Å²) in [6, 6.07) is 20.9. The Morgan fingerprint density at radius 1 is 1.08 bits per heavy atom. The zero-order valence-electron chi connectivity index (χ0n) is 23.1. The van der Waals surface area contributed by atoms with Crippen LogP contribution < -0.4 is 15.4 Å². The smallest absolute Gasteiger partial charge is 0.255 e. The number of hydrogen-bond acceptors (Lipinski definition) is 7. The zero-order chi connectivity index (χ0) is 28.0. The van der Waals surface area contributed by atoms with Crippen LogP contribution in [0, 0.1) is 18.3 Å². The Bertz CT molecular complexity index is 1520. The van der Waals surface area contributed by atoms with Crippen molar-refractivity contribution in [1.82, 2.24) is 14.9 Å². The molecule has 4 rings (SSSR count). The zero-order valence-corrected chi connectivity index (χ0v) is 23.1. The minimum atomic E-state index is -0.684. The first kappa shape index (κ1) is 27.6. The molecule has 2 N–H and O–H groups in total. The molecule has 0 aliphatic carbocycles. The monoisotopic (exact) mass is 522 g/mol. The molecule has 3 aromatic carbocycles. The molecule has 0 spiro atoms. The lowest BCUT2D eigenvalue weighted by molar-refractivity contribution is 0.102. The molecule has 0 unspecified atom stereocenters. The van der Waals surface area contributed by atoms with E-state index in [1.165, 1.54) is 6.33 Å². The second-order valence-corrected chi connectivity index (χ2v) is 10.3. The second-order valence-electron chi connectivity index (χ2n) is 10.3. The van der Waals surface area contributed by atoms with Crippen molar-refractivity contribution in [2.75, 3.05) is 37.9 Å². The Labute approximate surface area is 229 Å². The van der Waals surface area contributed by atoms with Crippen molar-refractivity contribution in [3.63, 3.8) is 0 Å². The standard InChI is InChI=1S/C31H34N6O2/c1-21-10-11-24(35-30(38)22-8-6-9-23(16-22)31(2,3)19-32)17-27(21)36-29-26-13-12-25(18-28(26)33-20-34-29)39-15-7-14-37(4)5/h6,8-13,16-18,20H,7,14-15H2,1-5H3,(H,35,38)(H,33,34,36). The van der Waals surface area contributed by atoms with E-state index in [9.17, 15) is 10.1 Å². The van der Waals surface area contributed by atoms with Gasteiger partial charge in [-0.3, -0.25) is 4.79 Å². The van der Waals surface area contributed by atoms with Gasteiger partial charge in [0.2, 0.25) is 0 Å². The first-order valence-corrected chi connectivity index (χ1v) is 12.9. The number of nitriles is 1. The van der Waals surface area contributed by atoms with Crippen LogP contribution in [-0.2, 0) is 5.41 Å². The van der Waals surface area contributed by atoms with E-state index < -0.39 is 5.41 Å². The van der Waals surface area contributed by atoms with Crippen LogP contribution in [-0.4, -0.2) is 48.0 Å². The van der Waals surface area contributed by atoms with E-state index in [1.807, 2.05) is 77.3 Å². The van der Waals surface area contributed by atoms with Crippen molar-refractivity contribution in [1.29, 1.82) is 5.26 Å². The SMILES string of the molecule is Cc1ccc(NC(=O)c2cccc(C(C)(C)C#N)c2)cc1Nc1ncnc2cc(OCCCN(C)C)ccc12. The summed E-state index contributed by atoms with van der Waals surface area (Å²) in [6.07, 6.45) is 2.47. The van der Waals surface area contributed by atoms with Crippen molar-refractivity contribution in [3.8, 4) is 11.8 Å². The highest BCUT2D eigenvalue weighted by Gasteiger charge is 2.21. The van der Waals surface area contributed by atoms with Crippen LogP contribution in [0.25, 0.3) is 10.9 Å². The van der Waals surface area contributed by atoms with Gasteiger partial charge in [-0.05, 0) is 88.8 Å². The predicted octanol–water partition coefficient (Wildman–Crippen LogP) is 6.07. The second kappa shape index (κ2) is 11.9. The molecule has 0 saturated heterocycles. The van der Waals surface area contributed by atoms with E-state index in [1.54, 1.807) is 18.2 Å². The number of rotatable bonds is 10. The van der Waals surface area contributed by atoms with Crippen molar-refractivity contribution in [2.24, 2.45) is 0 Å². The van der Waals surface area contributed by atoms with Gasteiger partial charge in [0.25, 0.3) is 5.91 Å². The third-order valence-electron chi connectivity index (χ3n) is 6.50. The largest absolute Gasteiger partial charge is 0.493 e. The van der Waals surface area contributed by atoms with Gasteiger partial charge in [0.05, 0.1) is 23.6 Å². The van der Waals surface area contributed by atoms with Crippen LogP contribution in [0.1, 0.15) is 41.8 Å². The van der Waals surface area contributed by atoms with Gasteiger partial charge in [0.15, 0.2) is 0 Å². The van der Waals surface area contributed by atoms with E-state index in [2.05, 4.69) is 31.6 Å². The average Bonchev–Trinajstić information content (AvgIpc) is 2.93. The first-order chi connectivity index (χ1) is 18.7. The molecule has 0 fully saturated rings. The first-order valence-electron chi connectivity index (χ1n) is 12.9. The third kappa shape index (κ3) is 6.89. The average molecular weight is 523 g/mol. The number of aryl methyl sites for hydroxylation is 1. The molecule has 0 aliphatic rings. The summed E-state index contributed by atoms with van der Waals surface area (Å²) in [5, 5.41) is 16.7. The molecule has 0 saturated carbocycles. The number of hydrogen-bond donors (Lipinski definition) is 2. The van der Waals surface area contributed by atoms with Gasteiger partial charge >= 0.3 is 0 Å². The molecule has 0 radical (unpaired) electrons. The lowest BCUT2D eigenvalue weighted by atomic mass is 9.85. The summed E-state index contributed by atoms with van der Waals surface area (Å²) in [4.78, 5) is 24.0. The normalized spacial score (nSPS) is 11.3. The lowest BCUT2D eigenvalue weighted by Gasteiger charge is -2.17. The number of carbonyl (C=O) groups is 1. The number of fused-ring (bicyclic) bond motifs is 1.